The molecule has 0 fully saturated rings. The van der Waals surface area contributed by atoms with E-state index < -0.39 is 0 Å². The molecular weight excluding hydrogens is 234 g/mol. The Bertz CT molecular complexity index is 593. The van der Waals surface area contributed by atoms with Crippen LogP contribution < -0.4 is 5.73 Å². The van der Waals surface area contributed by atoms with Crippen molar-refractivity contribution < 1.29 is 4.79 Å². The lowest BCUT2D eigenvalue weighted by Crippen LogP contribution is -2.10. The molecule has 1 aliphatic carbocycles. The third kappa shape index (κ3) is 1.81. The minimum atomic E-state index is -0.362. The summed E-state index contributed by atoms with van der Waals surface area (Å²) in [7, 11) is 0. The molecule has 3 rings (SSSR count). The van der Waals surface area contributed by atoms with Crippen molar-refractivity contribution in [3.63, 3.8) is 0 Å². The fourth-order valence-electron chi connectivity index (χ4n) is 2.30. The van der Waals surface area contributed by atoms with Crippen molar-refractivity contribution in [3.8, 4) is 11.1 Å². The number of hydrogen-bond donors (Lipinski definition) is 1. The molecule has 0 atom stereocenters. The summed E-state index contributed by atoms with van der Waals surface area (Å²) in [6, 6.07) is 14.0. The van der Waals surface area contributed by atoms with Gasteiger partial charge in [-0.2, -0.15) is 0 Å². The van der Waals surface area contributed by atoms with Gasteiger partial charge >= 0.3 is 0 Å². The first-order valence-corrected chi connectivity index (χ1v) is 5.27. The van der Waals surface area contributed by atoms with Crippen molar-refractivity contribution >= 4 is 18.3 Å². The summed E-state index contributed by atoms with van der Waals surface area (Å²) in [5.41, 5.74) is 10.9. The Kier molecular flexibility index (Phi) is 2.90. The van der Waals surface area contributed by atoms with Gasteiger partial charge in [0.25, 0.3) is 0 Å². The smallest absolute Gasteiger partial charge is 0.248 e. The van der Waals surface area contributed by atoms with Crippen LogP contribution >= 0.6 is 12.4 Å². The Hall–Kier alpha value is -1.80. The zero-order valence-corrected chi connectivity index (χ0v) is 9.96. The first-order valence-electron chi connectivity index (χ1n) is 5.27. The molecule has 0 spiro atoms. The summed E-state index contributed by atoms with van der Waals surface area (Å²) in [5, 5.41) is 0. The molecule has 0 aromatic heterocycles. The van der Waals surface area contributed by atoms with Crippen molar-refractivity contribution in [1.29, 1.82) is 0 Å². The number of amides is 1. The minimum absolute atomic E-state index is 0. The van der Waals surface area contributed by atoms with Gasteiger partial charge in [-0.05, 0) is 40.8 Å². The fourth-order valence-corrected chi connectivity index (χ4v) is 2.30. The number of nitrogens with two attached hydrogens (primary N) is 1. The van der Waals surface area contributed by atoms with Crippen LogP contribution in [0.25, 0.3) is 11.1 Å². The average Bonchev–Trinajstić information content (AvgIpc) is 2.66. The monoisotopic (exact) mass is 245 g/mol. The van der Waals surface area contributed by atoms with E-state index in [0.717, 1.165) is 6.42 Å². The molecule has 0 heterocycles. The lowest BCUT2D eigenvalue weighted by atomic mass is 10.0. The summed E-state index contributed by atoms with van der Waals surface area (Å²) in [4.78, 5) is 11.1. The number of fused-ring (bicyclic) bond motifs is 3. The lowest BCUT2D eigenvalue weighted by Gasteiger charge is -2.01. The molecule has 2 aromatic carbocycles. The Balaban J connectivity index is 0.00000108. The molecule has 0 saturated carbocycles. The molecule has 2 nitrogen and oxygen atoms in total. The van der Waals surface area contributed by atoms with Gasteiger partial charge in [-0.1, -0.05) is 30.3 Å². The first kappa shape index (κ1) is 11.7. The lowest BCUT2D eigenvalue weighted by molar-refractivity contribution is 0.1000. The van der Waals surface area contributed by atoms with Crippen LogP contribution in [0.1, 0.15) is 21.5 Å². The fraction of sp³-hybridized carbons (Fsp3) is 0.0714. The average molecular weight is 246 g/mol. The van der Waals surface area contributed by atoms with Crippen molar-refractivity contribution in [2.75, 3.05) is 0 Å². The summed E-state index contributed by atoms with van der Waals surface area (Å²) >= 11 is 0. The number of primary amides is 1. The van der Waals surface area contributed by atoms with Crippen LogP contribution in [0.15, 0.2) is 42.5 Å². The van der Waals surface area contributed by atoms with Gasteiger partial charge in [-0.25, -0.2) is 0 Å². The highest BCUT2D eigenvalue weighted by Crippen LogP contribution is 2.36. The molecule has 17 heavy (non-hydrogen) atoms. The maximum Gasteiger partial charge on any atom is 0.248 e. The molecule has 0 unspecified atom stereocenters. The van der Waals surface area contributed by atoms with Crippen molar-refractivity contribution in [3.05, 3.63) is 59.2 Å². The molecule has 0 bridgehead atoms. The molecule has 86 valence electrons. The van der Waals surface area contributed by atoms with Crippen molar-refractivity contribution in [2.24, 2.45) is 5.73 Å². The number of benzene rings is 2. The number of hydrogen-bond acceptors (Lipinski definition) is 1. The molecule has 2 aromatic rings. The summed E-state index contributed by atoms with van der Waals surface area (Å²) < 4.78 is 0. The van der Waals surface area contributed by atoms with Crippen LogP contribution in [-0.4, -0.2) is 5.91 Å². The van der Waals surface area contributed by atoms with Gasteiger partial charge in [0.05, 0.1) is 0 Å². The van der Waals surface area contributed by atoms with Gasteiger partial charge in [0, 0.05) is 5.56 Å². The molecule has 1 aliphatic rings. The third-order valence-corrected chi connectivity index (χ3v) is 3.08. The minimum Gasteiger partial charge on any atom is -0.366 e. The first-order chi connectivity index (χ1) is 7.75. The van der Waals surface area contributed by atoms with Gasteiger partial charge < -0.3 is 5.73 Å². The Morgan fingerprint density at radius 1 is 1.00 bits per heavy atom. The zero-order chi connectivity index (χ0) is 11.1. The maximum atomic E-state index is 11.1. The topological polar surface area (TPSA) is 43.1 Å². The zero-order valence-electron chi connectivity index (χ0n) is 9.14. The van der Waals surface area contributed by atoms with Crippen LogP contribution in [0, 0.1) is 0 Å². The van der Waals surface area contributed by atoms with E-state index in [1.165, 1.54) is 22.3 Å². The highest BCUT2D eigenvalue weighted by molar-refractivity contribution is 5.94. The number of carbonyl (C=O) groups is 1. The summed E-state index contributed by atoms with van der Waals surface area (Å²) in [6.07, 6.45) is 0.895. The van der Waals surface area contributed by atoms with Crippen LogP contribution in [0.4, 0.5) is 0 Å². The Morgan fingerprint density at radius 3 is 2.47 bits per heavy atom. The van der Waals surface area contributed by atoms with Crippen LogP contribution in [0.3, 0.4) is 0 Å². The SMILES string of the molecule is Cl.NC(=O)c1ccc2c(c1)Cc1ccccc1-2. The largest absolute Gasteiger partial charge is 0.366 e. The van der Waals surface area contributed by atoms with Crippen LogP contribution in [0.5, 0.6) is 0 Å². The van der Waals surface area contributed by atoms with Crippen molar-refractivity contribution in [1.82, 2.24) is 0 Å². The normalized spacial score (nSPS) is 11.3. The molecule has 3 heteroatoms. The highest BCUT2D eigenvalue weighted by Gasteiger charge is 2.18. The number of halogens is 1. The summed E-state index contributed by atoms with van der Waals surface area (Å²) in [6.45, 7) is 0. The number of rotatable bonds is 1. The van der Waals surface area contributed by atoms with E-state index in [4.69, 9.17) is 5.73 Å². The predicted molar refractivity (Wildman–Crippen MR) is 70.4 cm³/mol. The third-order valence-electron chi connectivity index (χ3n) is 3.08. The van der Waals surface area contributed by atoms with E-state index >= 15 is 0 Å². The molecule has 2 N–H and O–H groups in total. The van der Waals surface area contributed by atoms with Gasteiger partial charge in [-0.15, -0.1) is 12.4 Å². The van der Waals surface area contributed by atoms with Gasteiger partial charge in [0.15, 0.2) is 0 Å². The standard InChI is InChI=1S/C14H11NO.ClH/c15-14(16)10-5-6-13-11(8-10)7-9-3-1-2-4-12(9)13;/h1-6,8H,7H2,(H2,15,16);1H. The van der Waals surface area contributed by atoms with Crippen molar-refractivity contribution in [2.45, 2.75) is 6.42 Å². The second-order valence-corrected chi connectivity index (χ2v) is 4.07. The van der Waals surface area contributed by atoms with E-state index in [1.54, 1.807) is 6.07 Å². The molecule has 1 amide bonds. The van der Waals surface area contributed by atoms with Gasteiger partial charge in [-0.3, -0.25) is 4.79 Å². The second-order valence-electron chi connectivity index (χ2n) is 4.07. The van der Waals surface area contributed by atoms with Gasteiger partial charge in [0.1, 0.15) is 0 Å². The molecular formula is C14H12ClNO. The highest BCUT2D eigenvalue weighted by atomic mass is 35.5. The maximum absolute atomic E-state index is 11.1. The van der Waals surface area contributed by atoms with E-state index in [0.29, 0.717) is 5.56 Å². The predicted octanol–water partition coefficient (Wildman–Crippen LogP) is 2.78. The molecule has 0 radical (unpaired) electrons. The van der Waals surface area contributed by atoms with E-state index in [-0.39, 0.29) is 18.3 Å². The van der Waals surface area contributed by atoms with E-state index in [1.807, 2.05) is 24.3 Å². The van der Waals surface area contributed by atoms with Crippen LogP contribution in [0.2, 0.25) is 0 Å². The summed E-state index contributed by atoms with van der Waals surface area (Å²) in [5.74, 6) is -0.362. The second kappa shape index (κ2) is 4.22. The van der Waals surface area contributed by atoms with E-state index in [2.05, 4.69) is 12.1 Å². The van der Waals surface area contributed by atoms with E-state index in [9.17, 15) is 4.79 Å². The van der Waals surface area contributed by atoms with Gasteiger partial charge in [0.2, 0.25) is 5.91 Å². The quantitative estimate of drug-likeness (QED) is 0.704. The molecule has 0 aliphatic heterocycles. The Labute approximate surface area is 106 Å². The number of carbonyl (C=O) groups excluding carboxylic acids is 1. The Morgan fingerprint density at radius 2 is 1.71 bits per heavy atom. The van der Waals surface area contributed by atoms with Crippen LogP contribution in [-0.2, 0) is 6.42 Å². The molecule has 0 saturated heterocycles.